The summed E-state index contributed by atoms with van der Waals surface area (Å²) < 4.78 is 58.9. The second-order valence-corrected chi connectivity index (χ2v) is 5.04. The van der Waals surface area contributed by atoms with E-state index in [4.69, 9.17) is 9.90 Å². The first-order chi connectivity index (χ1) is 5.44. The summed E-state index contributed by atoms with van der Waals surface area (Å²) in [5, 5.41) is 7.42. The van der Waals surface area contributed by atoms with E-state index in [1.54, 1.807) is 0 Å². The van der Waals surface area contributed by atoms with Gasteiger partial charge in [-0.15, -0.1) is 0 Å². The number of carbonyl (C=O) groups is 1. The molecule has 0 aliphatic heterocycles. The number of rotatable bonds is 2. The molecule has 1 N–H and O–H groups in total. The molecule has 0 fully saturated rings. The molecule has 0 amide bonds. The summed E-state index contributed by atoms with van der Waals surface area (Å²) >= 11 is -12.1. The van der Waals surface area contributed by atoms with Crippen LogP contribution in [0.4, 0.5) is 0 Å². The summed E-state index contributed by atoms with van der Waals surface area (Å²) in [6.07, 6.45) is 0. The van der Waals surface area contributed by atoms with Gasteiger partial charge in [0.1, 0.15) is 0 Å². The molecule has 0 saturated carbocycles. The zero-order chi connectivity index (χ0) is 11.3. The van der Waals surface area contributed by atoms with E-state index >= 15 is 0 Å². The Hall–Kier alpha value is 1.61. The van der Waals surface area contributed by atoms with Crippen molar-refractivity contribution in [2.75, 3.05) is 0 Å². The van der Waals surface area contributed by atoms with Crippen LogP contribution in [-0.2, 0) is 50.1 Å². The Morgan fingerprint density at radius 3 is 1.20 bits per heavy atom. The summed E-state index contributed by atoms with van der Waals surface area (Å²) in [7, 11) is 0. The van der Waals surface area contributed by atoms with Crippen molar-refractivity contribution in [3.63, 3.8) is 0 Å². The summed E-state index contributed by atoms with van der Waals surface area (Å²) in [5.74, 6) is -0.833. The van der Waals surface area contributed by atoms with Crippen LogP contribution < -0.4 is 67.4 Å². The van der Waals surface area contributed by atoms with E-state index in [1.165, 1.54) is 0 Å². The maximum absolute atomic E-state index is 9.38. The van der Waals surface area contributed by atoms with Crippen molar-refractivity contribution in [1.29, 1.82) is 0 Å². The minimum atomic E-state index is -6.07. The topological polar surface area (TPSA) is 161 Å². The van der Waals surface area contributed by atoms with E-state index < -0.39 is 33.2 Å². The van der Waals surface area contributed by atoms with E-state index in [1.807, 2.05) is 0 Å². The van der Waals surface area contributed by atoms with Crippen LogP contribution in [0.15, 0.2) is 0 Å². The van der Waals surface area contributed by atoms with Crippen molar-refractivity contribution < 1.29 is 123 Å². The van der Waals surface area contributed by atoms with Gasteiger partial charge in [0.15, 0.2) is 0 Å². The van der Waals surface area contributed by atoms with Crippen molar-refractivity contribution in [2.45, 2.75) is 6.92 Å². The molecule has 0 radical (unpaired) electrons. The van der Waals surface area contributed by atoms with Gasteiger partial charge in [-0.25, -0.2) is 0 Å². The predicted molar refractivity (Wildman–Crippen MR) is 17.1 cm³/mol. The van der Waals surface area contributed by atoms with Crippen molar-refractivity contribution in [3.8, 4) is 0 Å². The van der Waals surface area contributed by atoms with Gasteiger partial charge in [0, 0.05) is 6.92 Å². The monoisotopic (exact) mass is 322 g/mol. The molecule has 0 aliphatic carbocycles. The summed E-state index contributed by atoms with van der Waals surface area (Å²) in [6.45, 7) is 1.08. The van der Waals surface area contributed by atoms with Gasteiger partial charge in [-0.3, -0.25) is 4.79 Å². The molecule has 0 aromatic heterocycles. The minimum absolute atomic E-state index is 0. The second kappa shape index (κ2) is 10.7. The molecule has 0 aromatic carbocycles. The van der Waals surface area contributed by atoms with Crippen molar-refractivity contribution in [3.05, 3.63) is 0 Å². The molecule has 0 saturated heterocycles. The third-order valence-electron chi connectivity index (χ3n) is 0.167. The molecule has 0 unspecified atom stereocenters. The van der Waals surface area contributed by atoms with Gasteiger partial charge in [0.25, 0.3) is 5.97 Å². The predicted octanol–water partition coefficient (Wildman–Crippen LogP) is -8.83. The second-order valence-electron chi connectivity index (χ2n) is 1.40. The molecule has 15 heavy (non-hydrogen) atoms. The van der Waals surface area contributed by atoms with E-state index in [9.17, 15) is 23.5 Å². The molecule has 0 bridgehead atoms. The number of hydrogen-bond acceptors (Lipinski definition) is 8. The van der Waals surface area contributed by atoms with Gasteiger partial charge in [0.2, 0.25) is 0 Å². The number of hydrogen-bond donors (Lipinski definition) is 1. The van der Waals surface area contributed by atoms with Crippen LogP contribution in [0.2, 0.25) is 0 Å². The fourth-order valence-corrected chi connectivity index (χ4v) is 1.74. The van der Waals surface area contributed by atoms with Crippen LogP contribution in [-0.4, -0.2) is 11.1 Å². The quantitative estimate of drug-likeness (QED) is 0.486. The van der Waals surface area contributed by atoms with Gasteiger partial charge in [0.05, 0.1) is 0 Å². The fourth-order valence-electron chi connectivity index (χ4n) is 0.102. The van der Waals surface area contributed by atoms with Crippen molar-refractivity contribution in [1.82, 2.24) is 0 Å². The van der Waals surface area contributed by atoms with Gasteiger partial charge in [-0.2, -0.15) is 0 Å². The molecule has 0 atom stereocenters. The van der Waals surface area contributed by atoms with Crippen LogP contribution in [0.5, 0.6) is 0 Å². The van der Waals surface area contributed by atoms with Crippen LogP contribution in [0, 0.1) is 0 Å². The molecular formula is C2H4Cr2Na2O9. The number of aliphatic carboxylic acids is 1. The van der Waals surface area contributed by atoms with E-state index in [2.05, 4.69) is 2.84 Å². The van der Waals surface area contributed by atoms with Crippen LogP contribution in [0.25, 0.3) is 0 Å². The average molecular weight is 322 g/mol. The van der Waals surface area contributed by atoms with Crippen LogP contribution >= 0.6 is 0 Å². The maximum atomic E-state index is 9.38. The molecule has 0 aromatic rings. The van der Waals surface area contributed by atoms with E-state index in [0.29, 0.717) is 0 Å². The van der Waals surface area contributed by atoms with Crippen LogP contribution in [0.3, 0.4) is 0 Å². The number of carboxylic acids is 1. The fraction of sp³-hybridized carbons (Fsp3) is 0.500. The van der Waals surface area contributed by atoms with E-state index in [0.717, 1.165) is 6.92 Å². The average Bonchev–Trinajstić information content (AvgIpc) is 1.47. The SMILES string of the molecule is CC(=O)O.[Na+].[Na+].[O]=[Cr](=[O])([O-])[O][Cr](=[O])(=[O])[O-]. The standard InChI is InChI=1S/C2H4O2.2Cr.2Na.7O/c1-2(3)4;;;;;;;;;;;/h1H3,(H,3,4);;;;;;;;;;;/q;;;2*+1;;;;;;2*-1. The molecule has 0 heterocycles. The molecular weight excluding hydrogens is 318 g/mol. The first kappa shape index (κ1) is 25.5. The molecule has 0 aliphatic rings. The Labute approximate surface area is 134 Å². The Kier molecular flexibility index (Phi) is 18.2. The zero-order valence-corrected chi connectivity index (χ0v) is 14.6. The zero-order valence-electron chi connectivity index (χ0n) is 8.03. The van der Waals surface area contributed by atoms with Gasteiger partial charge in [-0.05, 0) is 0 Å². The summed E-state index contributed by atoms with van der Waals surface area (Å²) in [5.41, 5.74) is 0. The Morgan fingerprint density at radius 1 is 1.07 bits per heavy atom. The first-order valence-corrected chi connectivity index (χ1v) is 6.43. The van der Waals surface area contributed by atoms with Crippen LogP contribution in [0.1, 0.15) is 6.92 Å². The third kappa shape index (κ3) is 49.9. The Bertz CT molecular complexity index is 320. The van der Waals surface area contributed by atoms with E-state index in [-0.39, 0.29) is 59.1 Å². The molecule has 0 spiro atoms. The third-order valence-corrected chi connectivity index (χ3v) is 2.83. The van der Waals surface area contributed by atoms with Gasteiger partial charge in [-0.1, -0.05) is 0 Å². The number of carboxylic acid groups (broad SMARTS) is 1. The molecule has 80 valence electrons. The molecule has 9 nitrogen and oxygen atoms in total. The normalized spacial score (nSPS) is 9.80. The first-order valence-electron chi connectivity index (χ1n) is 2.26. The molecule has 13 heteroatoms. The Morgan fingerprint density at radius 2 is 1.20 bits per heavy atom. The van der Waals surface area contributed by atoms with Gasteiger partial charge < -0.3 is 5.11 Å². The Balaban J connectivity index is -0.0000000883. The van der Waals surface area contributed by atoms with Crippen molar-refractivity contribution >= 4 is 5.97 Å². The summed E-state index contributed by atoms with van der Waals surface area (Å²) in [6, 6.07) is 0. The van der Waals surface area contributed by atoms with Crippen molar-refractivity contribution in [2.24, 2.45) is 0 Å². The van der Waals surface area contributed by atoms with Gasteiger partial charge >= 0.3 is 113 Å². The summed E-state index contributed by atoms with van der Waals surface area (Å²) in [4.78, 5) is 9.00. The molecule has 0 rings (SSSR count).